The Morgan fingerprint density at radius 1 is 1.31 bits per heavy atom. The van der Waals surface area contributed by atoms with Gasteiger partial charge in [0.1, 0.15) is 18.0 Å². The number of ether oxygens (including phenoxy) is 3. The van der Waals surface area contributed by atoms with E-state index in [-0.39, 0.29) is 43.0 Å². The van der Waals surface area contributed by atoms with E-state index in [2.05, 4.69) is 15.6 Å². The number of carbonyl (C=O) groups is 2. The van der Waals surface area contributed by atoms with Gasteiger partial charge < -0.3 is 30.0 Å². The van der Waals surface area contributed by atoms with Crippen molar-refractivity contribution >= 4 is 17.5 Å². The van der Waals surface area contributed by atoms with Crippen LogP contribution in [0.15, 0.2) is 42.7 Å². The summed E-state index contributed by atoms with van der Waals surface area (Å²) in [5, 5.41) is 15.5. The highest BCUT2D eigenvalue weighted by atomic mass is 16.6. The van der Waals surface area contributed by atoms with Gasteiger partial charge in [-0.2, -0.15) is 0 Å². The number of amides is 2. The largest absolute Gasteiger partial charge is 0.487 e. The molecule has 0 aliphatic carbocycles. The summed E-state index contributed by atoms with van der Waals surface area (Å²) in [6.45, 7) is 0.668. The van der Waals surface area contributed by atoms with Gasteiger partial charge in [-0.05, 0) is 36.8 Å². The SMILES string of the molecule is COCCNC(=O)C[C@@H]1C[C@@H]2c3cc(NC(=O)c4cccnc4)ccc3O[C@@H]2[C@@H](CO)O1. The van der Waals surface area contributed by atoms with Crippen LogP contribution in [0.2, 0.25) is 0 Å². The third-order valence-corrected chi connectivity index (χ3v) is 5.72. The summed E-state index contributed by atoms with van der Waals surface area (Å²) in [6, 6.07) is 8.89. The number of nitrogens with one attached hydrogen (secondary N) is 2. The van der Waals surface area contributed by atoms with Gasteiger partial charge in [0.2, 0.25) is 5.91 Å². The fourth-order valence-corrected chi connectivity index (χ4v) is 4.24. The lowest BCUT2D eigenvalue weighted by Gasteiger charge is -2.37. The molecule has 0 spiro atoms. The number of nitrogens with zero attached hydrogens (tertiary/aromatic N) is 1. The summed E-state index contributed by atoms with van der Waals surface area (Å²) in [5.74, 6) is 0.271. The van der Waals surface area contributed by atoms with Gasteiger partial charge in [0, 0.05) is 43.2 Å². The van der Waals surface area contributed by atoms with E-state index in [1.165, 1.54) is 6.20 Å². The maximum absolute atomic E-state index is 12.5. The molecule has 4 atom stereocenters. The predicted octanol–water partition coefficient (Wildman–Crippen LogP) is 1.48. The number of fused-ring (bicyclic) bond motifs is 3. The van der Waals surface area contributed by atoms with Crippen LogP contribution in [0.4, 0.5) is 5.69 Å². The predicted molar refractivity (Wildman–Crippen MR) is 116 cm³/mol. The van der Waals surface area contributed by atoms with Gasteiger partial charge in [-0.3, -0.25) is 14.6 Å². The highest BCUT2D eigenvalue weighted by Crippen LogP contribution is 2.47. The first-order chi connectivity index (χ1) is 15.6. The Balaban J connectivity index is 1.47. The van der Waals surface area contributed by atoms with Crippen molar-refractivity contribution in [3.63, 3.8) is 0 Å². The third kappa shape index (κ3) is 4.90. The molecule has 0 unspecified atom stereocenters. The van der Waals surface area contributed by atoms with Crippen molar-refractivity contribution in [2.24, 2.45) is 0 Å². The van der Waals surface area contributed by atoms with E-state index >= 15 is 0 Å². The Morgan fingerprint density at radius 2 is 2.19 bits per heavy atom. The molecule has 1 fully saturated rings. The maximum atomic E-state index is 12.5. The van der Waals surface area contributed by atoms with E-state index in [1.54, 1.807) is 31.5 Å². The molecule has 1 saturated heterocycles. The number of aromatic nitrogens is 1. The van der Waals surface area contributed by atoms with Crippen LogP contribution >= 0.6 is 0 Å². The van der Waals surface area contributed by atoms with E-state index in [1.807, 2.05) is 12.1 Å². The molecule has 170 valence electrons. The number of hydrogen-bond acceptors (Lipinski definition) is 7. The molecular weight excluding hydrogens is 414 g/mol. The molecule has 2 aliphatic rings. The van der Waals surface area contributed by atoms with Crippen molar-refractivity contribution in [2.75, 3.05) is 32.2 Å². The molecule has 2 aliphatic heterocycles. The van der Waals surface area contributed by atoms with Gasteiger partial charge in [0.15, 0.2) is 0 Å². The molecule has 4 rings (SSSR count). The molecule has 0 saturated carbocycles. The summed E-state index contributed by atoms with van der Waals surface area (Å²) in [5.41, 5.74) is 2.04. The number of pyridine rings is 1. The first kappa shape index (κ1) is 22.2. The number of anilines is 1. The molecule has 9 heteroatoms. The van der Waals surface area contributed by atoms with Crippen molar-refractivity contribution in [1.29, 1.82) is 0 Å². The lowest BCUT2D eigenvalue weighted by molar-refractivity contribution is -0.142. The van der Waals surface area contributed by atoms with Crippen molar-refractivity contribution in [1.82, 2.24) is 10.3 Å². The van der Waals surface area contributed by atoms with Gasteiger partial charge in [0.25, 0.3) is 5.91 Å². The van der Waals surface area contributed by atoms with E-state index in [0.29, 0.717) is 36.6 Å². The Hall–Kier alpha value is -3.01. The molecule has 2 amide bonds. The van der Waals surface area contributed by atoms with Gasteiger partial charge in [-0.25, -0.2) is 0 Å². The number of benzene rings is 1. The maximum Gasteiger partial charge on any atom is 0.257 e. The number of hydrogen-bond donors (Lipinski definition) is 3. The van der Waals surface area contributed by atoms with Crippen LogP contribution in [0.25, 0.3) is 0 Å². The number of methoxy groups -OCH3 is 1. The van der Waals surface area contributed by atoms with Crippen LogP contribution in [0.1, 0.15) is 34.7 Å². The number of carbonyl (C=O) groups excluding carboxylic acids is 2. The van der Waals surface area contributed by atoms with E-state index in [9.17, 15) is 14.7 Å². The minimum Gasteiger partial charge on any atom is -0.487 e. The summed E-state index contributed by atoms with van der Waals surface area (Å²) in [4.78, 5) is 28.7. The normalized spacial score (nSPS) is 23.6. The summed E-state index contributed by atoms with van der Waals surface area (Å²) in [6.07, 6.45) is 2.66. The summed E-state index contributed by atoms with van der Waals surface area (Å²) in [7, 11) is 1.58. The second kappa shape index (κ2) is 10.1. The minimum absolute atomic E-state index is 0.0529. The zero-order valence-electron chi connectivity index (χ0n) is 17.8. The monoisotopic (exact) mass is 441 g/mol. The number of aliphatic hydroxyl groups excluding tert-OH is 1. The zero-order valence-corrected chi connectivity index (χ0v) is 17.8. The summed E-state index contributed by atoms with van der Waals surface area (Å²) >= 11 is 0. The van der Waals surface area contributed by atoms with Crippen LogP contribution in [0.5, 0.6) is 5.75 Å². The average Bonchev–Trinajstić information content (AvgIpc) is 3.17. The van der Waals surface area contributed by atoms with Gasteiger partial charge >= 0.3 is 0 Å². The topological polar surface area (TPSA) is 119 Å². The van der Waals surface area contributed by atoms with E-state index in [0.717, 1.165) is 5.56 Å². The standard InChI is InChI=1S/C23H27N3O6/c1-30-8-7-25-21(28)11-16-10-18-17-9-15(26-23(29)14-3-2-6-24-12-14)4-5-19(17)32-22(18)20(13-27)31-16/h2-6,9,12,16,18,20,22,27H,7-8,10-11,13H2,1H3,(H,25,28)(H,26,29)/t16-,18+,20+,22-/m0/s1. The molecular formula is C23H27N3O6. The van der Waals surface area contributed by atoms with Gasteiger partial charge in [-0.1, -0.05) is 0 Å². The molecule has 1 aromatic heterocycles. The fourth-order valence-electron chi connectivity index (χ4n) is 4.24. The Labute approximate surface area is 186 Å². The van der Waals surface area contributed by atoms with Crippen molar-refractivity contribution in [2.45, 2.75) is 37.1 Å². The first-order valence-electron chi connectivity index (χ1n) is 10.6. The molecule has 3 N–H and O–H groups in total. The Bertz CT molecular complexity index is 954. The molecule has 9 nitrogen and oxygen atoms in total. The van der Waals surface area contributed by atoms with Crippen LogP contribution < -0.4 is 15.4 Å². The average molecular weight is 441 g/mol. The highest BCUT2D eigenvalue weighted by molar-refractivity contribution is 6.04. The van der Waals surface area contributed by atoms with Crippen molar-refractivity contribution in [3.05, 3.63) is 53.9 Å². The van der Waals surface area contributed by atoms with Crippen LogP contribution in [-0.4, -0.2) is 67.1 Å². The van der Waals surface area contributed by atoms with Gasteiger partial charge in [-0.15, -0.1) is 0 Å². The third-order valence-electron chi connectivity index (χ3n) is 5.72. The molecule has 0 radical (unpaired) electrons. The van der Waals surface area contributed by atoms with Crippen LogP contribution in [0.3, 0.4) is 0 Å². The van der Waals surface area contributed by atoms with Crippen molar-refractivity contribution in [3.8, 4) is 5.75 Å². The van der Waals surface area contributed by atoms with Crippen LogP contribution in [-0.2, 0) is 14.3 Å². The van der Waals surface area contributed by atoms with Gasteiger partial charge in [0.05, 0.1) is 31.3 Å². The van der Waals surface area contributed by atoms with Crippen molar-refractivity contribution < 1.29 is 28.9 Å². The Morgan fingerprint density at radius 3 is 2.94 bits per heavy atom. The molecule has 1 aromatic carbocycles. The first-order valence-corrected chi connectivity index (χ1v) is 10.6. The lowest BCUT2D eigenvalue weighted by Crippen LogP contribution is -2.47. The molecule has 32 heavy (non-hydrogen) atoms. The minimum atomic E-state index is -0.536. The smallest absolute Gasteiger partial charge is 0.257 e. The van der Waals surface area contributed by atoms with E-state index < -0.39 is 6.10 Å². The quantitative estimate of drug-likeness (QED) is 0.531. The zero-order chi connectivity index (χ0) is 22.5. The highest BCUT2D eigenvalue weighted by Gasteiger charge is 2.46. The lowest BCUT2D eigenvalue weighted by atomic mass is 9.84. The second-order valence-electron chi connectivity index (χ2n) is 7.90. The number of aliphatic hydroxyl groups is 1. The Kier molecular flexibility index (Phi) is 6.99. The second-order valence-corrected chi connectivity index (χ2v) is 7.90. The molecule has 0 bridgehead atoms. The van der Waals surface area contributed by atoms with E-state index in [4.69, 9.17) is 14.2 Å². The fraction of sp³-hybridized carbons (Fsp3) is 0.435. The molecule has 3 heterocycles. The molecule has 2 aromatic rings. The number of rotatable bonds is 8. The summed E-state index contributed by atoms with van der Waals surface area (Å²) < 4.78 is 17.0. The van der Waals surface area contributed by atoms with Crippen LogP contribution in [0, 0.1) is 0 Å².